The average molecular weight is 246 g/mol. The number of rotatable bonds is 6. The number of hydrogen-bond donors (Lipinski definition) is 2. The van der Waals surface area contributed by atoms with Gasteiger partial charge >= 0.3 is 0 Å². The van der Waals surface area contributed by atoms with Crippen LogP contribution < -0.4 is 5.32 Å². The quantitative estimate of drug-likeness (QED) is 0.737. The minimum atomic E-state index is -0.612. The zero-order valence-electron chi connectivity index (χ0n) is 10.3. The molecular formula is C14H18N2O2. The SMILES string of the molecule is N#CC1(C(O)CCOCc2ccccc2)CNC1. The fourth-order valence-electron chi connectivity index (χ4n) is 2.02. The van der Waals surface area contributed by atoms with Crippen molar-refractivity contribution in [3.63, 3.8) is 0 Å². The van der Waals surface area contributed by atoms with Gasteiger partial charge in [-0.25, -0.2) is 0 Å². The summed E-state index contributed by atoms with van der Waals surface area (Å²) in [5, 5.41) is 22.1. The minimum absolute atomic E-state index is 0.472. The molecule has 2 rings (SSSR count). The summed E-state index contributed by atoms with van der Waals surface area (Å²) in [5.41, 5.74) is 0.517. The highest BCUT2D eigenvalue weighted by Gasteiger charge is 2.43. The molecule has 0 saturated carbocycles. The van der Waals surface area contributed by atoms with Crippen LogP contribution in [0.1, 0.15) is 12.0 Å². The van der Waals surface area contributed by atoms with E-state index in [0.717, 1.165) is 5.56 Å². The Morgan fingerprint density at radius 1 is 1.39 bits per heavy atom. The highest BCUT2D eigenvalue weighted by atomic mass is 16.5. The fraction of sp³-hybridized carbons (Fsp3) is 0.500. The molecule has 1 unspecified atom stereocenters. The number of ether oxygens (including phenoxy) is 1. The van der Waals surface area contributed by atoms with Crippen LogP contribution in [0.2, 0.25) is 0 Å². The average Bonchev–Trinajstić information content (AvgIpc) is 2.35. The molecule has 96 valence electrons. The van der Waals surface area contributed by atoms with Crippen molar-refractivity contribution >= 4 is 0 Å². The second-order valence-electron chi connectivity index (χ2n) is 4.71. The summed E-state index contributed by atoms with van der Waals surface area (Å²) in [6.45, 7) is 2.16. The van der Waals surface area contributed by atoms with Crippen molar-refractivity contribution in [2.75, 3.05) is 19.7 Å². The van der Waals surface area contributed by atoms with Crippen LogP contribution in [0, 0.1) is 16.7 Å². The van der Waals surface area contributed by atoms with E-state index >= 15 is 0 Å². The molecule has 1 atom stereocenters. The first-order valence-electron chi connectivity index (χ1n) is 6.18. The molecule has 1 aromatic carbocycles. The van der Waals surface area contributed by atoms with Gasteiger partial charge in [-0.1, -0.05) is 30.3 Å². The summed E-state index contributed by atoms with van der Waals surface area (Å²) < 4.78 is 5.51. The lowest BCUT2D eigenvalue weighted by Gasteiger charge is -2.40. The zero-order valence-corrected chi connectivity index (χ0v) is 10.3. The van der Waals surface area contributed by atoms with Gasteiger partial charge in [-0.15, -0.1) is 0 Å². The van der Waals surface area contributed by atoms with Gasteiger partial charge in [0.15, 0.2) is 0 Å². The van der Waals surface area contributed by atoms with Crippen LogP contribution in [-0.2, 0) is 11.3 Å². The normalized spacial score (nSPS) is 18.7. The summed E-state index contributed by atoms with van der Waals surface area (Å²) in [5.74, 6) is 0. The molecule has 0 radical (unpaired) electrons. The summed E-state index contributed by atoms with van der Waals surface area (Å²) in [4.78, 5) is 0. The van der Waals surface area contributed by atoms with Gasteiger partial charge in [0.1, 0.15) is 5.41 Å². The van der Waals surface area contributed by atoms with Crippen LogP contribution in [0.3, 0.4) is 0 Å². The molecule has 1 aliphatic rings. The Morgan fingerprint density at radius 2 is 2.11 bits per heavy atom. The molecule has 0 bridgehead atoms. The molecule has 0 aromatic heterocycles. The van der Waals surface area contributed by atoms with Crippen LogP contribution in [0.15, 0.2) is 30.3 Å². The number of nitrogens with one attached hydrogen (secondary N) is 1. The third-order valence-corrected chi connectivity index (χ3v) is 3.39. The first-order chi connectivity index (χ1) is 8.77. The predicted octanol–water partition coefficient (Wildman–Crippen LogP) is 1.07. The molecule has 4 heteroatoms. The van der Waals surface area contributed by atoms with E-state index in [1.807, 2.05) is 30.3 Å². The van der Waals surface area contributed by atoms with Gasteiger partial charge in [0.05, 0.1) is 18.8 Å². The molecule has 1 aromatic rings. The van der Waals surface area contributed by atoms with E-state index in [2.05, 4.69) is 11.4 Å². The molecule has 18 heavy (non-hydrogen) atoms. The van der Waals surface area contributed by atoms with Crippen LogP contribution in [0.25, 0.3) is 0 Å². The van der Waals surface area contributed by atoms with Gasteiger partial charge in [0, 0.05) is 19.7 Å². The molecule has 1 fully saturated rings. The van der Waals surface area contributed by atoms with E-state index in [0.29, 0.717) is 32.7 Å². The van der Waals surface area contributed by atoms with Crippen LogP contribution in [-0.4, -0.2) is 30.9 Å². The van der Waals surface area contributed by atoms with Crippen molar-refractivity contribution in [1.29, 1.82) is 5.26 Å². The first-order valence-corrected chi connectivity index (χ1v) is 6.18. The Hall–Kier alpha value is -1.41. The van der Waals surface area contributed by atoms with Crippen molar-refractivity contribution in [1.82, 2.24) is 5.32 Å². The summed E-state index contributed by atoms with van der Waals surface area (Å²) in [6, 6.07) is 12.1. The van der Waals surface area contributed by atoms with Gasteiger partial charge in [0.2, 0.25) is 0 Å². The fourth-order valence-corrected chi connectivity index (χ4v) is 2.02. The highest BCUT2D eigenvalue weighted by molar-refractivity contribution is 5.13. The van der Waals surface area contributed by atoms with Gasteiger partial charge < -0.3 is 15.2 Å². The Kier molecular flexibility index (Phi) is 4.32. The smallest absolute Gasteiger partial charge is 0.108 e. The third kappa shape index (κ3) is 2.88. The molecule has 1 aliphatic heterocycles. The van der Waals surface area contributed by atoms with E-state index in [1.54, 1.807) is 0 Å². The Labute approximate surface area is 107 Å². The molecule has 4 nitrogen and oxygen atoms in total. The van der Waals surface area contributed by atoms with Crippen molar-refractivity contribution in [3.05, 3.63) is 35.9 Å². The molecule has 1 saturated heterocycles. The monoisotopic (exact) mass is 246 g/mol. The van der Waals surface area contributed by atoms with Crippen molar-refractivity contribution in [3.8, 4) is 6.07 Å². The molecule has 0 spiro atoms. The van der Waals surface area contributed by atoms with E-state index in [4.69, 9.17) is 10.00 Å². The van der Waals surface area contributed by atoms with Crippen molar-refractivity contribution in [2.24, 2.45) is 5.41 Å². The van der Waals surface area contributed by atoms with Crippen LogP contribution in [0.4, 0.5) is 0 Å². The summed E-state index contributed by atoms with van der Waals surface area (Å²) in [6.07, 6.45) is -0.109. The number of benzene rings is 1. The van der Waals surface area contributed by atoms with Crippen LogP contribution >= 0.6 is 0 Å². The van der Waals surface area contributed by atoms with Gasteiger partial charge in [-0.2, -0.15) is 5.26 Å². The van der Waals surface area contributed by atoms with Crippen molar-refractivity contribution < 1.29 is 9.84 Å². The third-order valence-electron chi connectivity index (χ3n) is 3.39. The highest BCUT2D eigenvalue weighted by Crippen LogP contribution is 2.28. The maximum Gasteiger partial charge on any atom is 0.108 e. The van der Waals surface area contributed by atoms with Gasteiger partial charge in [0.25, 0.3) is 0 Å². The summed E-state index contributed by atoms with van der Waals surface area (Å²) >= 11 is 0. The predicted molar refractivity (Wildman–Crippen MR) is 67.6 cm³/mol. The lowest BCUT2D eigenvalue weighted by Crippen LogP contribution is -2.59. The number of aliphatic hydroxyl groups is 1. The second kappa shape index (κ2) is 5.96. The maximum atomic E-state index is 9.97. The molecule has 0 aliphatic carbocycles. The summed E-state index contributed by atoms with van der Waals surface area (Å²) in [7, 11) is 0. The standard InChI is InChI=1S/C14H18N2O2/c15-9-14(10-16-11-14)13(17)6-7-18-8-12-4-2-1-3-5-12/h1-5,13,16-17H,6-8,10-11H2. The first kappa shape index (κ1) is 13.0. The number of nitriles is 1. The van der Waals surface area contributed by atoms with Crippen molar-refractivity contribution in [2.45, 2.75) is 19.1 Å². The second-order valence-corrected chi connectivity index (χ2v) is 4.71. The Morgan fingerprint density at radius 3 is 2.67 bits per heavy atom. The largest absolute Gasteiger partial charge is 0.391 e. The van der Waals surface area contributed by atoms with E-state index in [9.17, 15) is 5.11 Å². The zero-order chi connectivity index (χ0) is 12.8. The van der Waals surface area contributed by atoms with Gasteiger partial charge in [-0.3, -0.25) is 0 Å². The maximum absolute atomic E-state index is 9.97. The number of aliphatic hydroxyl groups excluding tert-OH is 1. The Bertz CT molecular complexity index is 410. The molecule has 0 amide bonds. The molecule has 1 heterocycles. The number of nitrogens with zero attached hydrogens (tertiary/aromatic N) is 1. The topological polar surface area (TPSA) is 65.3 Å². The number of hydrogen-bond acceptors (Lipinski definition) is 4. The van der Waals surface area contributed by atoms with E-state index in [-0.39, 0.29) is 0 Å². The van der Waals surface area contributed by atoms with E-state index in [1.165, 1.54) is 0 Å². The lowest BCUT2D eigenvalue weighted by molar-refractivity contribution is -0.00407. The van der Waals surface area contributed by atoms with Gasteiger partial charge in [-0.05, 0) is 12.0 Å². The van der Waals surface area contributed by atoms with E-state index < -0.39 is 11.5 Å². The molecule has 2 N–H and O–H groups in total. The lowest BCUT2D eigenvalue weighted by atomic mass is 9.77. The molecular weight excluding hydrogens is 228 g/mol. The minimum Gasteiger partial charge on any atom is -0.391 e. The van der Waals surface area contributed by atoms with Crippen LogP contribution in [0.5, 0.6) is 0 Å². The Balaban J connectivity index is 1.68.